The zero-order valence-electron chi connectivity index (χ0n) is 13.7. The highest BCUT2D eigenvalue weighted by atomic mass is 35.5. The molecule has 0 aliphatic rings. The lowest BCUT2D eigenvalue weighted by Gasteiger charge is -2.28. The van der Waals surface area contributed by atoms with Gasteiger partial charge in [0.05, 0.1) is 0 Å². The topological polar surface area (TPSA) is 50.4 Å². The van der Waals surface area contributed by atoms with Crippen LogP contribution in [0.4, 0.5) is 4.79 Å². The highest BCUT2D eigenvalue weighted by molar-refractivity contribution is 6.33. The number of carbonyl (C=O) groups excluding carboxylic acids is 1. The highest BCUT2D eigenvalue weighted by Gasteiger charge is 2.21. The molecule has 1 rings (SSSR count). The number of rotatable bonds is 5. The van der Waals surface area contributed by atoms with Crippen LogP contribution >= 0.6 is 23.2 Å². The average Bonchev–Trinajstić information content (AvgIpc) is 2.36. The fourth-order valence-corrected chi connectivity index (χ4v) is 2.06. The average molecular weight is 347 g/mol. The van der Waals surface area contributed by atoms with Gasteiger partial charge in [-0.3, -0.25) is 0 Å². The molecule has 0 aromatic heterocycles. The van der Waals surface area contributed by atoms with E-state index in [9.17, 15) is 4.79 Å². The Morgan fingerprint density at radius 2 is 1.82 bits per heavy atom. The second-order valence-electron chi connectivity index (χ2n) is 6.83. The van der Waals surface area contributed by atoms with E-state index in [1.54, 1.807) is 12.1 Å². The van der Waals surface area contributed by atoms with Gasteiger partial charge in [-0.25, -0.2) is 4.79 Å². The third kappa shape index (κ3) is 7.34. The van der Waals surface area contributed by atoms with Crippen molar-refractivity contribution in [2.75, 3.05) is 6.54 Å². The number of alkyl carbamates (subject to hydrolysis) is 1. The SMILES string of the molecule is CC(C)(CNC(=O)OC(C)(C)C)NCc1cc(Cl)ccc1Cl. The van der Waals surface area contributed by atoms with Gasteiger partial charge < -0.3 is 15.4 Å². The lowest BCUT2D eigenvalue weighted by atomic mass is 10.1. The van der Waals surface area contributed by atoms with Crippen LogP contribution in [0.3, 0.4) is 0 Å². The molecule has 4 nitrogen and oxygen atoms in total. The Labute approximate surface area is 142 Å². The van der Waals surface area contributed by atoms with E-state index in [0.29, 0.717) is 23.1 Å². The molecular formula is C16H24Cl2N2O2. The summed E-state index contributed by atoms with van der Waals surface area (Å²) in [5.74, 6) is 0. The van der Waals surface area contributed by atoms with Crippen LogP contribution in [-0.4, -0.2) is 23.8 Å². The van der Waals surface area contributed by atoms with E-state index in [-0.39, 0.29) is 5.54 Å². The molecule has 0 saturated heterocycles. The van der Waals surface area contributed by atoms with Crippen molar-refractivity contribution in [3.05, 3.63) is 33.8 Å². The summed E-state index contributed by atoms with van der Waals surface area (Å²) in [6.07, 6.45) is -0.428. The number of ether oxygens (including phenoxy) is 1. The fraction of sp³-hybridized carbons (Fsp3) is 0.562. The van der Waals surface area contributed by atoms with Crippen molar-refractivity contribution >= 4 is 29.3 Å². The van der Waals surface area contributed by atoms with Gasteiger partial charge in [-0.05, 0) is 58.4 Å². The second-order valence-corrected chi connectivity index (χ2v) is 7.67. The molecule has 0 aliphatic carbocycles. The molecule has 0 atom stereocenters. The number of amides is 1. The minimum Gasteiger partial charge on any atom is -0.444 e. The lowest BCUT2D eigenvalue weighted by Crippen LogP contribution is -2.49. The second kappa shape index (κ2) is 7.53. The molecule has 0 saturated carbocycles. The fourth-order valence-electron chi connectivity index (χ4n) is 1.68. The highest BCUT2D eigenvalue weighted by Crippen LogP contribution is 2.21. The summed E-state index contributed by atoms with van der Waals surface area (Å²) in [6, 6.07) is 5.35. The van der Waals surface area contributed by atoms with Crippen molar-refractivity contribution in [3.63, 3.8) is 0 Å². The Balaban J connectivity index is 2.50. The smallest absolute Gasteiger partial charge is 0.407 e. The van der Waals surface area contributed by atoms with Gasteiger partial charge in [0, 0.05) is 28.7 Å². The van der Waals surface area contributed by atoms with Gasteiger partial charge in [-0.15, -0.1) is 0 Å². The first-order chi connectivity index (χ1) is 9.98. The van der Waals surface area contributed by atoms with Crippen molar-refractivity contribution in [1.29, 1.82) is 0 Å². The van der Waals surface area contributed by atoms with E-state index < -0.39 is 11.7 Å². The Kier molecular flexibility index (Phi) is 6.53. The molecule has 2 N–H and O–H groups in total. The van der Waals surface area contributed by atoms with Crippen LogP contribution in [0, 0.1) is 0 Å². The Morgan fingerprint density at radius 3 is 2.41 bits per heavy atom. The number of nitrogens with one attached hydrogen (secondary N) is 2. The van der Waals surface area contributed by atoms with Crippen LogP contribution in [-0.2, 0) is 11.3 Å². The van der Waals surface area contributed by atoms with Gasteiger partial charge >= 0.3 is 6.09 Å². The molecule has 0 aliphatic heterocycles. The van der Waals surface area contributed by atoms with Crippen LogP contribution in [0.1, 0.15) is 40.2 Å². The summed E-state index contributed by atoms with van der Waals surface area (Å²) in [5, 5.41) is 7.41. The van der Waals surface area contributed by atoms with E-state index in [1.807, 2.05) is 40.7 Å². The molecule has 0 unspecified atom stereocenters. The number of hydrogen-bond donors (Lipinski definition) is 2. The number of carbonyl (C=O) groups is 1. The van der Waals surface area contributed by atoms with E-state index in [2.05, 4.69) is 10.6 Å². The molecule has 0 bridgehead atoms. The van der Waals surface area contributed by atoms with Crippen molar-refractivity contribution in [3.8, 4) is 0 Å². The van der Waals surface area contributed by atoms with Crippen molar-refractivity contribution < 1.29 is 9.53 Å². The lowest BCUT2D eigenvalue weighted by molar-refractivity contribution is 0.0513. The summed E-state index contributed by atoms with van der Waals surface area (Å²) in [6.45, 7) is 10.5. The quantitative estimate of drug-likeness (QED) is 0.831. The summed E-state index contributed by atoms with van der Waals surface area (Å²) >= 11 is 12.1. The van der Waals surface area contributed by atoms with Gasteiger partial charge in [-0.2, -0.15) is 0 Å². The summed E-state index contributed by atoms with van der Waals surface area (Å²) in [4.78, 5) is 11.7. The normalized spacial score (nSPS) is 12.1. The van der Waals surface area contributed by atoms with E-state index >= 15 is 0 Å². The third-order valence-electron chi connectivity index (χ3n) is 2.84. The van der Waals surface area contributed by atoms with Crippen molar-refractivity contribution in [2.24, 2.45) is 0 Å². The minimum atomic E-state index is -0.504. The molecule has 1 amide bonds. The molecule has 0 heterocycles. The molecular weight excluding hydrogens is 323 g/mol. The first kappa shape index (κ1) is 19.1. The first-order valence-corrected chi connectivity index (χ1v) is 7.90. The minimum absolute atomic E-state index is 0.317. The van der Waals surface area contributed by atoms with E-state index in [4.69, 9.17) is 27.9 Å². The first-order valence-electron chi connectivity index (χ1n) is 7.14. The zero-order chi connectivity index (χ0) is 17.0. The summed E-state index contributed by atoms with van der Waals surface area (Å²) in [7, 11) is 0. The van der Waals surface area contributed by atoms with Crippen LogP contribution in [0.15, 0.2) is 18.2 Å². The maximum Gasteiger partial charge on any atom is 0.407 e. The maximum atomic E-state index is 11.7. The van der Waals surface area contributed by atoms with Gasteiger partial charge in [0.15, 0.2) is 0 Å². The van der Waals surface area contributed by atoms with Gasteiger partial charge in [-0.1, -0.05) is 23.2 Å². The van der Waals surface area contributed by atoms with Crippen LogP contribution < -0.4 is 10.6 Å². The molecule has 0 spiro atoms. The van der Waals surface area contributed by atoms with Crippen LogP contribution in [0.25, 0.3) is 0 Å². The largest absolute Gasteiger partial charge is 0.444 e. The number of halogens is 2. The van der Waals surface area contributed by atoms with Crippen molar-refractivity contribution in [1.82, 2.24) is 10.6 Å². The predicted molar refractivity (Wildman–Crippen MR) is 91.6 cm³/mol. The third-order valence-corrected chi connectivity index (χ3v) is 3.44. The summed E-state index contributed by atoms with van der Waals surface area (Å²) < 4.78 is 5.21. The van der Waals surface area contributed by atoms with E-state index in [0.717, 1.165) is 5.56 Å². The molecule has 0 radical (unpaired) electrons. The standard InChI is InChI=1S/C16H24Cl2N2O2/c1-15(2,3)22-14(21)19-10-16(4,5)20-9-11-8-12(17)6-7-13(11)18/h6-8,20H,9-10H2,1-5H3,(H,19,21). The Hall–Kier alpha value is -0.970. The van der Waals surface area contributed by atoms with Gasteiger partial charge in [0.1, 0.15) is 5.60 Å². The monoisotopic (exact) mass is 346 g/mol. The van der Waals surface area contributed by atoms with Crippen LogP contribution in [0.2, 0.25) is 10.0 Å². The van der Waals surface area contributed by atoms with Gasteiger partial charge in [0.25, 0.3) is 0 Å². The molecule has 6 heteroatoms. The molecule has 1 aromatic rings. The Morgan fingerprint density at radius 1 is 1.18 bits per heavy atom. The number of hydrogen-bond acceptors (Lipinski definition) is 3. The molecule has 0 fully saturated rings. The maximum absolute atomic E-state index is 11.7. The molecule has 22 heavy (non-hydrogen) atoms. The Bertz CT molecular complexity index is 525. The van der Waals surface area contributed by atoms with Gasteiger partial charge in [0.2, 0.25) is 0 Å². The van der Waals surface area contributed by atoms with Crippen LogP contribution in [0.5, 0.6) is 0 Å². The zero-order valence-corrected chi connectivity index (χ0v) is 15.2. The number of benzene rings is 1. The molecule has 124 valence electrons. The van der Waals surface area contributed by atoms with Crippen molar-refractivity contribution in [2.45, 2.75) is 52.3 Å². The summed E-state index contributed by atoms with van der Waals surface area (Å²) in [5.41, 5.74) is 0.0953. The predicted octanol–water partition coefficient (Wildman–Crippen LogP) is 4.39. The molecule has 1 aromatic carbocycles. The van der Waals surface area contributed by atoms with E-state index in [1.165, 1.54) is 0 Å².